The maximum absolute atomic E-state index is 13.1. The van der Waals surface area contributed by atoms with Crippen LogP contribution in [0, 0.1) is 0 Å². The van der Waals surface area contributed by atoms with Crippen molar-refractivity contribution in [2.45, 2.75) is 264 Å². The number of hydrogen-bond acceptors (Lipinski definition) is 15. The molecule has 0 saturated heterocycles. The van der Waals surface area contributed by atoms with Crippen molar-refractivity contribution in [2.24, 2.45) is 0 Å². The van der Waals surface area contributed by atoms with Gasteiger partial charge >= 0.3 is 39.5 Å². The van der Waals surface area contributed by atoms with Gasteiger partial charge in [0.2, 0.25) is 0 Å². The monoisotopic (exact) mass is 1460 g/mol. The molecule has 17 nitrogen and oxygen atoms in total. The molecule has 0 fully saturated rings. The molecule has 3 N–H and O–H groups in total. The van der Waals surface area contributed by atoms with Crippen LogP contribution >= 0.6 is 15.6 Å². The number of carbonyl (C=O) groups excluding carboxylic acids is 4. The maximum Gasteiger partial charge on any atom is 0.472 e. The van der Waals surface area contributed by atoms with E-state index in [2.05, 4.69) is 180 Å². The summed E-state index contributed by atoms with van der Waals surface area (Å²) in [4.78, 5) is 72.8. The van der Waals surface area contributed by atoms with E-state index in [0.717, 1.165) is 161 Å². The van der Waals surface area contributed by atoms with Crippen LogP contribution in [0.2, 0.25) is 0 Å². The SMILES string of the molecule is CC/C=C\C/C=C\C/C=C\C/C=C\C/C=C\C/C=C\CCC(=O)OCC(COP(=O)(O)OCC(O)COP(=O)(O)OCC(COC(=O)C/C=C\C/C=C\C/C=C\C/C=C\C/C=C\CC)OC(=O)CCCCCCC/C=C\C/C=C\CCC)OC(=O)CCCCCCC/C=C\C/C=C\C/C=C\CC. The maximum atomic E-state index is 13.1. The second-order valence-electron chi connectivity index (χ2n) is 24.1. The van der Waals surface area contributed by atoms with Gasteiger partial charge in [-0.1, -0.05) is 267 Å². The number of unbranched alkanes of at least 4 members (excludes halogenated alkanes) is 11. The third-order valence-electron chi connectivity index (χ3n) is 14.6. The standard InChI is InChI=1S/C83H130O17P2/c1-5-9-13-17-21-25-29-33-36-37-38-39-42-45-48-52-56-60-64-68-81(86)94-74-79(100-83(88)70-66-62-58-54-50-46-41-35-31-27-23-19-15-11-7-3)76-98-102(91,92)96-72-77(84)71-95-101(89,90)97-75-78(99-82(87)69-65-61-57-53-49-43-32-28-24-20-16-12-8-4)73-93-80(85)67-63-59-55-51-47-44-40-34-30-26-22-18-14-10-6-2/h9-11,13-16,20-23,25-28,32-36,38-41,45,47-48,51,56,59-60,63,77-79,84H,5-8,12,17-19,24,29-31,37,42-44,46,49-50,52-55,57-58,61-62,64-76H2,1-4H3,(H,89,90)(H,91,92)/b13-9-,14-10-,15-11-,20-16-,25-21-,26-22-,27-23-,32-28-,36-33-,39-38-,40-34-,41-35-,48-45-,51-47-,60-56-,63-59-. The predicted molar refractivity (Wildman–Crippen MR) is 417 cm³/mol. The molecule has 0 aromatic heterocycles. The van der Waals surface area contributed by atoms with Gasteiger partial charge in [-0.15, -0.1) is 0 Å². The Balaban J connectivity index is 5.52. The van der Waals surface area contributed by atoms with Crippen molar-refractivity contribution < 1.29 is 80.2 Å². The molecule has 0 aromatic carbocycles. The van der Waals surface area contributed by atoms with E-state index in [0.29, 0.717) is 32.1 Å². The number of aliphatic hydroxyl groups excluding tert-OH is 1. The number of esters is 4. The van der Waals surface area contributed by atoms with Crippen molar-refractivity contribution in [2.75, 3.05) is 39.6 Å². The van der Waals surface area contributed by atoms with Crippen LogP contribution in [0.1, 0.15) is 246 Å². The van der Waals surface area contributed by atoms with Crippen molar-refractivity contribution in [1.82, 2.24) is 0 Å². The quantitative estimate of drug-likeness (QED) is 0.0169. The molecule has 0 aromatic rings. The Morgan fingerprint density at radius 1 is 0.294 bits per heavy atom. The van der Waals surface area contributed by atoms with E-state index in [1.54, 1.807) is 6.08 Å². The van der Waals surface area contributed by atoms with E-state index in [1.165, 1.54) is 0 Å². The lowest BCUT2D eigenvalue weighted by molar-refractivity contribution is -0.161. The summed E-state index contributed by atoms with van der Waals surface area (Å²) in [5.74, 6) is -2.48. The van der Waals surface area contributed by atoms with Crippen molar-refractivity contribution >= 4 is 39.5 Å². The summed E-state index contributed by atoms with van der Waals surface area (Å²) in [6, 6.07) is 0. The first-order valence-corrected chi connectivity index (χ1v) is 40.7. The molecule has 19 heteroatoms. The normalized spacial score (nSPS) is 15.0. The molecule has 0 spiro atoms. The summed E-state index contributed by atoms with van der Waals surface area (Å²) in [6.45, 7) is 4.18. The van der Waals surface area contributed by atoms with Gasteiger partial charge in [-0.2, -0.15) is 0 Å². The number of aliphatic hydroxyl groups is 1. The minimum atomic E-state index is -5.01. The summed E-state index contributed by atoms with van der Waals surface area (Å²) in [7, 11) is -10.0. The topological polar surface area (TPSA) is 237 Å². The number of phosphoric acid groups is 2. The molecule has 0 amide bonds. The molecule has 0 heterocycles. The fourth-order valence-electron chi connectivity index (χ4n) is 8.96. The van der Waals surface area contributed by atoms with Crippen LogP contribution in [0.15, 0.2) is 194 Å². The Bertz CT molecular complexity index is 2700. The Morgan fingerprint density at radius 2 is 0.569 bits per heavy atom. The summed E-state index contributed by atoms with van der Waals surface area (Å²) >= 11 is 0. The van der Waals surface area contributed by atoms with Gasteiger partial charge in [0.15, 0.2) is 12.2 Å². The lowest BCUT2D eigenvalue weighted by Crippen LogP contribution is -2.30. The van der Waals surface area contributed by atoms with Crippen LogP contribution in [0.3, 0.4) is 0 Å². The van der Waals surface area contributed by atoms with Gasteiger partial charge in [-0.05, 0) is 148 Å². The van der Waals surface area contributed by atoms with E-state index in [1.807, 2.05) is 36.5 Å². The van der Waals surface area contributed by atoms with E-state index < -0.39 is 97.5 Å². The van der Waals surface area contributed by atoms with Crippen molar-refractivity contribution in [1.29, 1.82) is 0 Å². The molecule has 574 valence electrons. The first-order chi connectivity index (χ1) is 49.7. The highest BCUT2D eigenvalue weighted by Crippen LogP contribution is 2.45. The second-order valence-corrected chi connectivity index (χ2v) is 27.0. The molecule has 0 aliphatic heterocycles. The first-order valence-electron chi connectivity index (χ1n) is 37.7. The van der Waals surface area contributed by atoms with Crippen LogP contribution < -0.4 is 0 Å². The lowest BCUT2D eigenvalue weighted by atomic mass is 10.1. The van der Waals surface area contributed by atoms with E-state index in [4.69, 9.17) is 37.0 Å². The number of phosphoric ester groups is 2. The van der Waals surface area contributed by atoms with E-state index in [-0.39, 0.29) is 25.7 Å². The zero-order chi connectivity index (χ0) is 74.6. The van der Waals surface area contributed by atoms with Crippen LogP contribution in [0.5, 0.6) is 0 Å². The molecule has 0 bridgehead atoms. The van der Waals surface area contributed by atoms with Crippen molar-refractivity contribution in [3.05, 3.63) is 194 Å². The van der Waals surface area contributed by atoms with Gasteiger partial charge in [0, 0.05) is 19.3 Å². The van der Waals surface area contributed by atoms with E-state index in [9.17, 15) is 43.2 Å². The lowest BCUT2D eigenvalue weighted by Gasteiger charge is -2.21. The van der Waals surface area contributed by atoms with Crippen LogP contribution in [-0.4, -0.2) is 96.7 Å². The zero-order valence-electron chi connectivity index (χ0n) is 62.4. The number of hydrogen-bond donors (Lipinski definition) is 3. The minimum Gasteiger partial charge on any atom is -0.462 e. The highest BCUT2D eigenvalue weighted by Gasteiger charge is 2.30. The number of rotatable bonds is 68. The number of carbonyl (C=O) groups is 4. The highest BCUT2D eigenvalue weighted by atomic mass is 31.2. The largest absolute Gasteiger partial charge is 0.472 e. The van der Waals surface area contributed by atoms with Crippen molar-refractivity contribution in [3.63, 3.8) is 0 Å². The van der Waals surface area contributed by atoms with Gasteiger partial charge in [-0.3, -0.25) is 37.3 Å². The summed E-state index contributed by atoms with van der Waals surface area (Å²) in [5.41, 5.74) is 0. The molecule has 102 heavy (non-hydrogen) atoms. The smallest absolute Gasteiger partial charge is 0.462 e. The molecule has 0 radical (unpaired) electrons. The Hall–Kier alpha value is -6.10. The van der Waals surface area contributed by atoms with Crippen molar-refractivity contribution in [3.8, 4) is 0 Å². The van der Waals surface area contributed by atoms with Gasteiger partial charge in [0.05, 0.1) is 32.8 Å². The second kappa shape index (κ2) is 73.2. The molecule has 0 aliphatic rings. The summed E-state index contributed by atoms with van der Waals surface area (Å²) < 4.78 is 68.2. The van der Waals surface area contributed by atoms with Gasteiger partial charge in [0.1, 0.15) is 19.3 Å². The van der Waals surface area contributed by atoms with Gasteiger partial charge in [-0.25, -0.2) is 9.13 Å². The van der Waals surface area contributed by atoms with E-state index >= 15 is 0 Å². The molecule has 5 atom stereocenters. The molecular formula is C83H130O17P2. The molecule has 0 saturated carbocycles. The Kier molecular flexibility index (Phi) is 68.8. The minimum absolute atomic E-state index is 0.0223. The zero-order valence-corrected chi connectivity index (χ0v) is 64.2. The molecule has 0 rings (SSSR count). The average molecular weight is 1460 g/mol. The Morgan fingerprint density at radius 3 is 0.912 bits per heavy atom. The summed E-state index contributed by atoms with van der Waals surface area (Å²) in [5, 5.41) is 10.6. The fraction of sp³-hybridized carbons (Fsp3) is 0.566. The average Bonchev–Trinajstić information content (AvgIpc) is 0.924. The van der Waals surface area contributed by atoms with Gasteiger partial charge in [0.25, 0.3) is 0 Å². The summed E-state index contributed by atoms with van der Waals surface area (Å²) in [6.07, 6.45) is 89.0. The first kappa shape index (κ1) is 95.9. The molecule has 5 unspecified atom stereocenters. The van der Waals surface area contributed by atoms with Crippen LogP contribution in [0.25, 0.3) is 0 Å². The number of allylic oxidation sites excluding steroid dienone is 31. The van der Waals surface area contributed by atoms with Crippen LogP contribution in [0.4, 0.5) is 0 Å². The van der Waals surface area contributed by atoms with Crippen LogP contribution in [-0.2, 0) is 65.4 Å². The fourth-order valence-corrected chi connectivity index (χ4v) is 10.5. The third kappa shape index (κ3) is 72.3. The Labute approximate surface area is 615 Å². The van der Waals surface area contributed by atoms with Gasteiger partial charge < -0.3 is 33.8 Å². The predicted octanol–water partition coefficient (Wildman–Crippen LogP) is 21.8. The number of ether oxygens (including phenoxy) is 4. The highest BCUT2D eigenvalue weighted by molar-refractivity contribution is 7.47. The third-order valence-corrected chi connectivity index (χ3v) is 16.5. The molecule has 0 aliphatic carbocycles. The molecular weight excluding hydrogens is 1330 g/mol.